The normalized spacial score (nSPS) is 18.7. The van der Waals surface area contributed by atoms with Gasteiger partial charge in [0.05, 0.1) is 0 Å². The molecule has 2 aliphatic rings. The van der Waals surface area contributed by atoms with Crippen LogP contribution in [0.3, 0.4) is 0 Å². The highest BCUT2D eigenvalue weighted by Crippen LogP contribution is 2.47. The lowest BCUT2D eigenvalue weighted by Crippen LogP contribution is -2.36. The maximum atomic E-state index is 13.5. The van der Waals surface area contributed by atoms with Gasteiger partial charge in [0, 0.05) is 0 Å². The van der Waals surface area contributed by atoms with E-state index in [-0.39, 0.29) is 0 Å². The Bertz CT molecular complexity index is 914. The van der Waals surface area contributed by atoms with Crippen LogP contribution in [0, 0.1) is 0 Å². The summed E-state index contributed by atoms with van der Waals surface area (Å²) in [6.07, 6.45) is 11.2. The largest absolute Gasteiger partial charge is 0.510 e. The summed E-state index contributed by atoms with van der Waals surface area (Å²) in [7, 11) is 0. The van der Waals surface area contributed by atoms with Crippen molar-refractivity contribution in [3.05, 3.63) is 69.8 Å². The summed E-state index contributed by atoms with van der Waals surface area (Å²) >= 11 is 0. The van der Waals surface area contributed by atoms with Crippen LogP contribution < -0.4 is 0 Å². The molecule has 2 aromatic rings. The third-order valence-electron chi connectivity index (χ3n) is 8.28. The van der Waals surface area contributed by atoms with Crippen LogP contribution in [0.5, 0.6) is 0 Å². The second kappa shape index (κ2) is 10.5. The van der Waals surface area contributed by atoms with Crippen molar-refractivity contribution in [2.45, 2.75) is 116 Å². The molecule has 184 valence electrons. The molecule has 0 aromatic heterocycles. The predicted octanol–water partition coefficient (Wildman–Crippen LogP) is 8.33. The standard InChI is InChI=1S/C31H42O3/c1-5-23-13-15-27(25(7-3)21-23)30(17-9-10-18-30)33-29(32)34-31(19-11-12-20-31)28-16-14-24(6-2)22-26(28)8-4/h13-16,21-22H,5-12,17-20H2,1-4H3. The Morgan fingerprint density at radius 3 is 1.35 bits per heavy atom. The highest BCUT2D eigenvalue weighted by molar-refractivity contribution is 5.63. The quantitative estimate of drug-likeness (QED) is 0.370. The fraction of sp³-hybridized carbons (Fsp3) is 0.581. The maximum Gasteiger partial charge on any atom is 0.510 e. The van der Waals surface area contributed by atoms with Crippen molar-refractivity contribution in [2.24, 2.45) is 0 Å². The molecule has 4 rings (SSSR count). The van der Waals surface area contributed by atoms with Crippen molar-refractivity contribution in [1.29, 1.82) is 0 Å². The third-order valence-corrected chi connectivity index (χ3v) is 8.28. The summed E-state index contributed by atoms with van der Waals surface area (Å²) < 4.78 is 12.7. The minimum absolute atomic E-state index is 0.493. The van der Waals surface area contributed by atoms with Crippen molar-refractivity contribution in [2.75, 3.05) is 0 Å². The molecular formula is C31H42O3. The molecule has 2 aromatic carbocycles. The Balaban J connectivity index is 1.63. The minimum atomic E-state index is -0.561. The lowest BCUT2D eigenvalue weighted by Gasteiger charge is -2.35. The summed E-state index contributed by atoms with van der Waals surface area (Å²) in [4.78, 5) is 13.5. The van der Waals surface area contributed by atoms with Crippen LogP contribution in [-0.2, 0) is 46.4 Å². The Kier molecular flexibility index (Phi) is 7.70. The van der Waals surface area contributed by atoms with Gasteiger partial charge in [-0.15, -0.1) is 0 Å². The van der Waals surface area contributed by atoms with Crippen LogP contribution in [-0.4, -0.2) is 6.16 Å². The van der Waals surface area contributed by atoms with Crippen molar-refractivity contribution >= 4 is 6.16 Å². The second-order valence-electron chi connectivity index (χ2n) is 10.3. The zero-order chi connectivity index (χ0) is 24.2. The number of rotatable bonds is 8. The van der Waals surface area contributed by atoms with E-state index in [4.69, 9.17) is 9.47 Å². The van der Waals surface area contributed by atoms with Crippen LogP contribution >= 0.6 is 0 Å². The van der Waals surface area contributed by atoms with Crippen molar-refractivity contribution in [3.8, 4) is 0 Å². The molecule has 0 bridgehead atoms. The number of aryl methyl sites for hydroxylation is 4. The molecular weight excluding hydrogens is 420 g/mol. The first kappa shape index (κ1) is 24.8. The smallest absolute Gasteiger partial charge is 0.423 e. The van der Waals surface area contributed by atoms with E-state index < -0.39 is 17.4 Å². The summed E-state index contributed by atoms with van der Waals surface area (Å²) in [6, 6.07) is 13.4. The van der Waals surface area contributed by atoms with Crippen LogP contribution in [0.15, 0.2) is 36.4 Å². The summed E-state index contributed by atoms with van der Waals surface area (Å²) in [5, 5.41) is 0. The van der Waals surface area contributed by atoms with Crippen LogP contribution in [0.4, 0.5) is 4.79 Å². The van der Waals surface area contributed by atoms with Gasteiger partial charge in [0.15, 0.2) is 0 Å². The van der Waals surface area contributed by atoms with E-state index in [1.165, 1.54) is 33.4 Å². The molecule has 0 N–H and O–H groups in total. The molecule has 2 saturated carbocycles. The topological polar surface area (TPSA) is 35.5 Å². The van der Waals surface area contributed by atoms with Crippen molar-refractivity contribution in [1.82, 2.24) is 0 Å². The summed E-state index contributed by atoms with van der Waals surface area (Å²) in [5.41, 5.74) is 6.52. The first-order chi connectivity index (χ1) is 16.5. The van der Waals surface area contributed by atoms with E-state index in [9.17, 15) is 4.79 Å². The molecule has 0 amide bonds. The van der Waals surface area contributed by atoms with Gasteiger partial charge in [0.25, 0.3) is 0 Å². The van der Waals surface area contributed by atoms with Gasteiger partial charge >= 0.3 is 6.16 Å². The molecule has 3 nitrogen and oxygen atoms in total. The van der Waals surface area contributed by atoms with Gasteiger partial charge in [-0.25, -0.2) is 4.79 Å². The zero-order valence-corrected chi connectivity index (χ0v) is 21.7. The molecule has 0 saturated heterocycles. The van der Waals surface area contributed by atoms with Gasteiger partial charge in [0.2, 0.25) is 0 Å². The van der Waals surface area contributed by atoms with Crippen molar-refractivity contribution < 1.29 is 14.3 Å². The van der Waals surface area contributed by atoms with Gasteiger partial charge in [-0.05, 0) is 110 Å². The maximum absolute atomic E-state index is 13.5. The molecule has 0 unspecified atom stereocenters. The van der Waals surface area contributed by atoms with E-state index >= 15 is 0 Å². The SMILES string of the molecule is CCc1ccc(C2(OC(=O)OC3(c4ccc(CC)cc4CC)CCCC3)CCCC2)c(CC)c1. The van der Waals surface area contributed by atoms with E-state index in [2.05, 4.69) is 64.1 Å². The predicted molar refractivity (Wildman–Crippen MR) is 138 cm³/mol. The Morgan fingerprint density at radius 2 is 1.03 bits per heavy atom. The number of carbonyl (C=O) groups is 1. The highest BCUT2D eigenvalue weighted by Gasteiger charge is 2.45. The van der Waals surface area contributed by atoms with Gasteiger partial charge in [-0.2, -0.15) is 0 Å². The number of ether oxygens (including phenoxy) is 2. The molecule has 0 heterocycles. The van der Waals surface area contributed by atoms with Crippen molar-refractivity contribution in [3.63, 3.8) is 0 Å². The Morgan fingerprint density at radius 1 is 0.647 bits per heavy atom. The van der Waals surface area contributed by atoms with Crippen LogP contribution in [0.25, 0.3) is 0 Å². The molecule has 0 atom stereocenters. The molecule has 0 spiro atoms. The van der Waals surface area contributed by atoms with Gasteiger partial charge in [-0.1, -0.05) is 64.1 Å². The van der Waals surface area contributed by atoms with Gasteiger partial charge < -0.3 is 9.47 Å². The fourth-order valence-corrected chi connectivity index (χ4v) is 6.29. The van der Waals surface area contributed by atoms with Crippen LogP contribution in [0.1, 0.15) is 112 Å². The summed E-state index contributed by atoms with van der Waals surface area (Å²) in [5.74, 6) is 0. The monoisotopic (exact) mass is 462 g/mol. The Hall–Kier alpha value is -2.29. The lowest BCUT2D eigenvalue weighted by atomic mass is 9.85. The molecule has 0 radical (unpaired) electrons. The third kappa shape index (κ3) is 4.76. The number of hydrogen-bond donors (Lipinski definition) is 0. The first-order valence-corrected chi connectivity index (χ1v) is 13.7. The summed E-state index contributed by atoms with van der Waals surface area (Å²) in [6.45, 7) is 8.76. The number of benzene rings is 2. The van der Waals surface area contributed by atoms with Crippen LogP contribution in [0.2, 0.25) is 0 Å². The lowest BCUT2D eigenvalue weighted by molar-refractivity contribution is -0.0840. The molecule has 0 aliphatic heterocycles. The second-order valence-corrected chi connectivity index (χ2v) is 10.3. The first-order valence-electron chi connectivity index (χ1n) is 13.7. The minimum Gasteiger partial charge on any atom is -0.423 e. The molecule has 3 heteroatoms. The fourth-order valence-electron chi connectivity index (χ4n) is 6.29. The average molecular weight is 463 g/mol. The van der Waals surface area contributed by atoms with Gasteiger partial charge in [-0.3, -0.25) is 0 Å². The number of carbonyl (C=O) groups excluding carboxylic acids is 1. The molecule has 2 fully saturated rings. The van der Waals surface area contributed by atoms with E-state index in [0.29, 0.717) is 0 Å². The Labute approximate surface area is 206 Å². The highest BCUT2D eigenvalue weighted by atomic mass is 16.7. The van der Waals surface area contributed by atoms with Gasteiger partial charge in [0.1, 0.15) is 11.2 Å². The van der Waals surface area contributed by atoms with E-state index in [1.807, 2.05) is 0 Å². The van der Waals surface area contributed by atoms with E-state index in [0.717, 1.165) is 77.0 Å². The average Bonchev–Trinajstić information content (AvgIpc) is 3.54. The van der Waals surface area contributed by atoms with E-state index in [1.54, 1.807) is 0 Å². The zero-order valence-electron chi connectivity index (χ0n) is 21.7. The molecule has 2 aliphatic carbocycles. The number of hydrogen-bond acceptors (Lipinski definition) is 3. The molecule has 34 heavy (non-hydrogen) atoms.